The SMILES string of the molecule is O=Cc1cc2nc3ccccn3c2[nH]c1=O. The van der Waals surface area contributed by atoms with Crippen LogP contribution in [-0.4, -0.2) is 20.7 Å². The summed E-state index contributed by atoms with van der Waals surface area (Å²) < 4.78 is 1.77. The van der Waals surface area contributed by atoms with E-state index in [2.05, 4.69) is 9.97 Å². The van der Waals surface area contributed by atoms with Crippen molar-refractivity contribution in [3.05, 3.63) is 46.4 Å². The molecule has 3 aromatic heterocycles. The van der Waals surface area contributed by atoms with Crippen LogP contribution in [0.1, 0.15) is 10.4 Å². The lowest BCUT2D eigenvalue weighted by Gasteiger charge is -1.94. The highest BCUT2D eigenvalue weighted by atomic mass is 16.1. The van der Waals surface area contributed by atoms with E-state index in [0.29, 0.717) is 17.5 Å². The van der Waals surface area contributed by atoms with Gasteiger partial charge in [0.1, 0.15) is 16.8 Å². The number of carbonyl (C=O) groups excluding carboxylic acids is 1. The quantitative estimate of drug-likeness (QED) is 0.613. The van der Waals surface area contributed by atoms with Gasteiger partial charge in [0.2, 0.25) is 0 Å². The highest BCUT2D eigenvalue weighted by molar-refractivity contribution is 5.84. The zero-order chi connectivity index (χ0) is 11.1. The zero-order valence-corrected chi connectivity index (χ0v) is 8.18. The molecule has 16 heavy (non-hydrogen) atoms. The van der Waals surface area contributed by atoms with Gasteiger partial charge in [-0.1, -0.05) is 6.07 Å². The molecule has 3 heterocycles. The summed E-state index contributed by atoms with van der Waals surface area (Å²) in [5.41, 5.74) is 1.64. The van der Waals surface area contributed by atoms with Crippen molar-refractivity contribution in [1.29, 1.82) is 0 Å². The predicted molar refractivity (Wildman–Crippen MR) is 58.7 cm³/mol. The van der Waals surface area contributed by atoms with Crippen LogP contribution in [0.5, 0.6) is 0 Å². The fraction of sp³-hybridized carbons (Fsp3) is 0. The maximum absolute atomic E-state index is 11.5. The van der Waals surface area contributed by atoms with Crippen LogP contribution in [-0.2, 0) is 0 Å². The minimum atomic E-state index is -0.395. The number of fused-ring (bicyclic) bond motifs is 3. The number of H-pyrrole nitrogens is 1. The molecule has 5 heteroatoms. The molecule has 0 amide bonds. The normalized spacial score (nSPS) is 11.0. The molecule has 0 aliphatic rings. The Morgan fingerprint density at radius 2 is 2.25 bits per heavy atom. The third-order valence-corrected chi connectivity index (χ3v) is 2.47. The van der Waals surface area contributed by atoms with E-state index in [9.17, 15) is 9.59 Å². The molecule has 0 saturated heterocycles. The molecule has 3 rings (SSSR count). The second kappa shape index (κ2) is 3.03. The second-order valence-electron chi connectivity index (χ2n) is 3.45. The minimum absolute atomic E-state index is 0.0934. The number of hydrogen-bond acceptors (Lipinski definition) is 3. The van der Waals surface area contributed by atoms with Crippen molar-refractivity contribution >= 4 is 23.1 Å². The summed E-state index contributed by atoms with van der Waals surface area (Å²) in [6, 6.07) is 7.03. The first-order valence-corrected chi connectivity index (χ1v) is 4.75. The van der Waals surface area contributed by atoms with Crippen LogP contribution in [0.25, 0.3) is 16.8 Å². The van der Waals surface area contributed by atoms with Gasteiger partial charge in [0.05, 0.1) is 5.56 Å². The lowest BCUT2D eigenvalue weighted by atomic mass is 10.3. The van der Waals surface area contributed by atoms with Gasteiger partial charge in [-0.3, -0.25) is 14.0 Å². The maximum Gasteiger partial charge on any atom is 0.260 e. The van der Waals surface area contributed by atoms with Gasteiger partial charge in [-0.25, -0.2) is 4.98 Å². The summed E-state index contributed by atoms with van der Waals surface area (Å²) >= 11 is 0. The molecule has 0 spiro atoms. The third kappa shape index (κ3) is 1.08. The van der Waals surface area contributed by atoms with Gasteiger partial charge in [-0.2, -0.15) is 0 Å². The van der Waals surface area contributed by atoms with Gasteiger partial charge in [0, 0.05) is 6.20 Å². The first-order valence-electron chi connectivity index (χ1n) is 4.75. The molecule has 0 fully saturated rings. The highest BCUT2D eigenvalue weighted by Crippen LogP contribution is 2.12. The van der Waals surface area contributed by atoms with Crippen LogP contribution in [0.3, 0.4) is 0 Å². The highest BCUT2D eigenvalue weighted by Gasteiger charge is 2.07. The summed E-state index contributed by atoms with van der Waals surface area (Å²) in [5, 5.41) is 0. The van der Waals surface area contributed by atoms with E-state index in [1.54, 1.807) is 10.6 Å². The molecule has 0 unspecified atom stereocenters. The Bertz CT molecular complexity index is 755. The Hall–Kier alpha value is -2.43. The van der Waals surface area contributed by atoms with Crippen molar-refractivity contribution in [3.8, 4) is 0 Å². The second-order valence-corrected chi connectivity index (χ2v) is 3.45. The van der Waals surface area contributed by atoms with Crippen molar-refractivity contribution in [2.24, 2.45) is 0 Å². The van der Waals surface area contributed by atoms with Crippen molar-refractivity contribution in [1.82, 2.24) is 14.4 Å². The lowest BCUT2D eigenvalue weighted by Crippen LogP contribution is -2.11. The third-order valence-electron chi connectivity index (χ3n) is 2.47. The van der Waals surface area contributed by atoms with E-state index in [-0.39, 0.29) is 5.56 Å². The van der Waals surface area contributed by atoms with Crippen LogP contribution in [0.4, 0.5) is 0 Å². The number of aromatic nitrogens is 3. The van der Waals surface area contributed by atoms with Crippen molar-refractivity contribution in [2.75, 3.05) is 0 Å². The van der Waals surface area contributed by atoms with Gasteiger partial charge < -0.3 is 4.98 Å². The Labute approximate surface area is 89.4 Å². The molecule has 5 nitrogen and oxygen atoms in total. The molecule has 0 saturated carbocycles. The Kier molecular flexibility index (Phi) is 1.67. The Balaban J connectivity index is 2.56. The number of rotatable bonds is 1. The standard InChI is InChI=1S/C11H7N3O2/c15-6-7-5-8-10(13-11(7)16)14-4-2-1-3-9(14)12-8/h1-6H,(H,13,16). The number of nitrogens with one attached hydrogen (secondary N) is 1. The van der Waals surface area contributed by atoms with E-state index in [1.165, 1.54) is 6.07 Å². The number of aromatic amines is 1. The van der Waals surface area contributed by atoms with E-state index in [4.69, 9.17) is 0 Å². The molecule has 0 aromatic carbocycles. The molecule has 0 aliphatic carbocycles. The van der Waals surface area contributed by atoms with Crippen molar-refractivity contribution < 1.29 is 4.79 Å². The lowest BCUT2D eigenvalue weighted by molar-refractivity contribution is 0.112. The molecular weight excluding hydrogens is 206 g/mol. The largest absolute Gasteiger partial charge is 0.306 e. The minimum Gasteiger partial charge on any atom is -0.306 e. The molecule has 3 aromatic rings. The topological polar surface area (TPSA) is 67.2 Å². The number of hydrogen-bond donors (Lipinski definition) is 1. The van der Waals surface area contributed by atoms with Crippen LogP contribution in [0.15, 0.2) is 35.3 Å². The molecule has 0 bridgehead atoms. The number of carbonyl (C=O) groups is 1. The van der Waals surface area contributed by atoms with Crippen LogP contribution >= 0.6 is 0 Å². The summed E-state index contributed by atoms with van der Waals surface area (Å²) in [5.74, 6) is 0. The molecule has 1 N–H and O–H groups in total. The molecule has 78 valence electrons. The monoisotopic (exact) mass is 213 g/mol. The van der Waals surface area contributed by atoms with E-state index in [1.807, 2.05) is 18.2 Å². The zero-order valence-electron chi connectivity index (χ0n) is 8.18. The number of imidazole rings is 1. The van der Waals surface area contributed by atoms with Gasteiger partial charge in [-0.05, 0) is 18.2 Å². The smallest absolute Gasteiger partial charge is 0.260 e. The number of aldehydes is 1. The van der Waals surface area contributed by atoms with Gasteiger partial charge in [-0.15, -0.1) is 0 Å². The summed E-state index contributed by atoms with van der Waals surface area (Å²) in [6.45, 7) is 0. The fourth-order valence-electron chi connectivity index (χ4n) is 1.72. The Morgan fingerprint density at radius 3 is 3.06 bits per heavy atom. The maximum atomic E-state index is 11.5. The average molecular weight is 213 g/mol. The van der Waals surface area contributed by atoms with E-state index < -0.39 is 5.56 Å². The van der Waals surface area contributed by atoms with E-state index in [0.717, 1.165) is 5.65 Å². The summed E-state index contributed by atoms with van der Waals surface area (Å²) in [4.78, 5) is 29.1. The number of pyridine rings is 2. The van der Waals surface area contributed by atoms with Crippen LogP contribution in [0.2, 0.25) is 0 Å². The summed E-state index contributed by atoms with van der Waals surface area (Å²) in [7, 11) is 0. The molecule has 0 atom stereocenters. The van der Waals surface area contributed by atoms with Crippen molar-refractivity contribution in [2.45, 2.75) is 0 Å². The van der Waals surface area contributed by atoms with Gasteiger partial charge in [0.25, 0.3) is 5.56 Å². The van der Waals surface area contributed by atoms with Crippen LogP contribution < -0.4 is 5.56 Å². The van der Waals surface area contributed by atoms with Gasteiger partial charge in [0.15, 0.2) is 6.29 Å². The fourth-order valence-corrected chi connectivity index (χ4v) is 1.72. The van der Waals surface area contributed by atoms with Crippen molar-refractivity contribution in [3.63, 3.8) is 0 Å². The first-order chi connectivity index (χ1) is 7.79. The van der Waals surface area contributed by atoms with E-state index >= 15 is 0 Å². The van der Waals surface area contributed by atoms with Crippen LogP contribution in [0, 0.1) is 0 Å². The predicted octanol–water partition coefficient (Wildman–Crippen LogP) is 0.988. The summed E-state index contributed by atoms with van der Waals surface area (Å²) in [6.07, 6.45) is 2.34. The molecular formula is C11H7N3O2. The molecule has 0 aliphatic heterocycles. The number of nitrogens with zero attached hydrogens (tertiary/aromatic N) is 2. The van der Waals surface area contributed by atoms with Gasteiger partial charge >= 0.3 is 0 Å². The first kappa shape index (κ1) is 8.84. The average Bonchev–Trinajstić information content (AvgIpc) is 2.66. The Morgan fingerprint density at radius 1 is 1.38 bits per heavy atom. The molecule has 0 radical (unpaired) electrons.